The zero-order chi connectivity index (χ0) is 14.7. The summed E-state index contributed by atoms with van der Waals surface area (Å²) in [5.41, 5.74) is 7.05. The first-order chi connectivity index (χ1) is 10.2. The van der Waals surface area contributed by atoms with Crippen LogP contribution >= 0.6 is 0 Å². The van der Waals surface area contributed by atoms with Gasteiger partial charge in [0.1, 0.15) is 5.82 Å². The van der Waals surface area contributed by atoms with Crippen molar-refractivity contribution in [2.45, 2.75) is 31.8 Å². The lowest BCUT2D eigenvalue weighted by Gasteiger charge is -2.32. The highest BCUT2D eigenvalue weighted by Gasteiger charge is 2.29. The Labute approximate surface area is 127 Å². The van der Waals surface area contributed by atoms with Crippen LogP contribution in [0.2, 0.25) is 0 Å². The molecule has 0 aromatic carbocycles. The van der Waals surface area contributed by atoms with Crippen molar-refractivity contribution in [1.82, 2.24) is 9.88 Å². The van der Waals surface area contributed by atoms with E-state index in [4.69, 9.17) is 10.5 Å². The molecule has 3 rings (SSSR count). The van der Waals surface area contributed by atoms with Crippen molar-refractivity contribution in [3.8, 4) is 0 Å². The molecular formula is C16H26N4O. The Bertz CT molecular complexity index is 442. The second-order valence-electron chi connectivity index (χ2n) is 6.24. The van der Waals surface area contributed by atoms with Crippen LogP contribution in [0.4, 0.5) is 5.82 Å². The van der Waals surface area contributed by atoms with E-state index in [1.165, 1.54) is 12.0 Å². The lowest BCUT2D eigenvalue weighted by molar-refractivity contribution is 0.0209. The highest BCUT2D eigenvalue weighted by Crippen LogP contribution is 2.22. The first-order valence-corrected chi connectivity index (χ1v) is 7.99. The van der Waals surface area contributed by atoms with Gasteiger partial charge in [0.05, 0.1) is 13.2 Å². The number of aromatic nitrogens is 1. The molecule has 0 radical (unpaired) electrons. The van der Waals surface area contributed by atoms with Crippen LogP contribution in [0.5, 0.6) is 0 Å². The van der Waals surface area contributed by atoms with Crippen LogP contribution in [-0.2, 0) is 11.2 Å². The van der Waals surface area contributed by atoms with Crippen molar-refractivity contribution in [2.75, 3.05) is 44.3 Å². The molecule has 5 nitrogen and oxygen atoms in total. The van der Waals surface area contributed by atoms with E-state index in [9.17, 15) is 0 Å². The summed E-state index contributed by atoms with van der Waals surface area (Å²) in [4.78, 5) is 9.58. The molecule has 5 heteroatoms. The van der Waals surface area contributed by atoms with Gasteiger partial charge in [0.25, 0.3) is 0 Å². The van der Waals surface area contributed by atoms with Gasteiger partial charge in [0.15, 0.2) is 0 Å². The molecule has 2 aliphatic rings. The fourth-order valence-corrected chi connectivity index (χ4v) is 3.29. The summed E-state index contributed by atoms with van der Waals surface area (Å²) in [6, 6.07) is 5.14. The van der Waals surface area contributed by atoms with E-state index in [2.05, 4.69) is 26.9 Å². The van der Waals surface area contributed by atoms with Gasteiger partial charge in [-0.2, -0.15) is 0 Å². The summed E-state index contributed by atoms with van der Waals surface area (Å²) < 4.78 is 5.44. The Morgan fingerprint density at radius 1 is 1.33 bits per heavy atom. The van der Waals surface area contributed by atoms with E-state index in [1.807, 2.05) is 13.1 Å². The van der Waals surface area contributed by atoms with E-state index in [0.717, 1.165) is 51.6 Å². The Morgan fingerprint density at radius 3 is 2.81 bits per heavy atom. The highest BCUT2D eigenvalue weighted by atomic mass is 16.5. The number of ether oxygens (including phenoxy) is 1. The van der Waals surface area contributed by atoms with Gasteiger partial charge in [-0.1, -0.05) is 6.07 Å². The molecule has 2 N–H and O–H groups in total. The number of hydrogen-bond acceptors (Lipinski definition) is 5. The van der Waals surface area contributed by atoms with Gasteiger partial charge in [0, 0.05) is 44.5 Å². The summed E-state index contributed by atoms with van der Waals surface area (Å²) in [6.07, 6.45) is 4.09. The van der Waals surface area contributed by atoms with Gasteiger partial charge in [-0.25, -0.2) is 4.98 Å². The normalized spacial score (nSPS) is 25.2. The van der Waals surface area contributed by atoms with E-state index in [-0.39, 0.29) is 6.04 Å². The van der Waals surface area contributed by atoms with Crippen LogP contribution in [0, 0.1) is 0 Å². The van der Waals surface area contributed by atoms with Gasteiger partial charge in [-0.3, -0.25) is 4.90 Å². The van der Waals surface area contributed by atoms with Crippen LogP contribution in [0.3, 0.4) is 0 Å². The second-order valence-corrected chi connectivity index (χ2v) is 6.24. The number of pyridine rings is 1. The van der Waals surface area contributed by atoms with E-state index in [0.29, 0.717) is 6.04 Å². The molecule has 1 aromatic heterocycles. The van der Waals surface area contributed by atoms with Crippen LogP contribution in [0.1, 0.15) is 18.9 Å². The van der Waals surface area contributed by atoms with Crippen molar-refractivity contribution >= 4 is 5.82 Å². The standard InChI is InChI=1S/C16H26N4O/c1-13(17)10-14-2-3-16(18-11-14)20-5-4-15(12-20)19-6-8-21-9-7-19/h2-3,11,13,15H,4-10,12,17H2,1H3. The molecule has 0 amide bonds. The predicted octanol–water partition coefficient (Wildman–Crippen LogP) is 0.882. The molecule has 116 valence electrons. The second kappa shape index (κ2) is 6.73. The number of morpholine rings is 1. The summed E-state index contributed by atoms with van der Waals surface area (Å²) in [5.74, 6) is 1.10. The molecule has 2 saturated heterocycles. The summed E-state index contributed by atoms with van der Waals surface area (Å²) in [6.45, 7) is 8.10. The number of nitrogens with zero attached hydrogens (tertiary/aromatic N) is 3. The highest BCUT2D eigenvalue weighted by molar-refractivity contribution is 5.41. The minimum Gasteiger partial charge on any atom is -0.379 e. The van der Waals surface area contributed by atoms with Gasteiger partial charge in [0.2, 0.25) is 0 Å². The average molecular weight is 290 g/mol. The maximum Gasteiger partial charge on any atom is 0.128 e. The fraction of sp³-hybridized carbons (Fsp3) is 0.688. The predicted molar refractivity (Wildman–Crippen MR) is 84.6 cm³/mol. The third kappa shape index (κ3) is 3.73. The Kier molecular flexibility index (Phi) is 4.73. The summed E-state index contributed by atoms with van der Waals surface area (Å²) >= 11 is 0. The van der Waals surface area contributed by atoms with Crippen molar-refractivity contribution in [2.24, 2.45) is 5.73 Å². The van der Waals surface area contributed by atoms with Crippen LogP contribution in [-0.4, -0.2) is 61.4 Å². The quantitative estimate of drug-likeness (QED) is 0.892. The van der Waals surface area contributed by atoms with Crippen molar-refractivity contribution in [1.29, 1.82) is 0 Å². The molecule has 2 fully saturated rings. The average Bonchev–Trinajstić information content (AvgIpc) is 2.98. The van der Waals surface area contributed by atoms with Crippen molar-refractivity contribution in [3.63, 3.8) is 0 Å². The smallest absolute Gasteiger partial charge is 0.128 e. The molecule has 3 heterocycles. The zero-order valence-corrected chi connectivity index (χ0v) is 12.9. The van der Waals surface area contributed by atoms with E-state index < -0.39 is 0 Å². The molecule has 2 aliphatic heterocycles. The van der Waals surface area contributed by atoms with Gasteiger partial charge < -0.3 is 15.4 Å². The minimum atomic E-state index is 0.190. The molecule has 2 atom stereocenters. The molecule has 1 aromatic rings. The van der Waals surface area contributed by atoms with Crippen LogP contribution in [0.15, 0.2) is 18.3 Å². The molecule has 0 aliphatic carbocycles. The van der Waals surface area contributed by atoms with Crippen molar-refractivity contribution in [3.05, 3.63) is 23.9 Å². The van der Waals surface area contributed by atoms with Gasteiger partial charge >= 0.3 is 0 Å². The number of hydrogen-bond donors (Lipinski definition) is 1. The van der Waals surface area contributed by atoms with Gasteiger partial charge in [-0.05, 0) is 31.4 Å². The zero-order valence-electron chi connectivity index (χ0n) is 12.9. The molecular weight excluding hydrogens is 264 g/mol. The topological polar surface area (TPSA) is 54.6 Å². The third-order valence-electron chi connectivity index (χ3n) is 4.42. The fourth-order valence-electron chi connectivity index (χ4n) is 3.29. The first kappa shape index (κ1) is 14.8. The Morgan fingerprint density at radius 2 is 2.14 bits per heavy atom. The molecule has 0 spiro atoms. The van der Waals surface area contributed by atoms with Gasteiger partial charge in [-0.15, -0.1) is 0 Å². The first-order valence-electron chi connectivity index (χ1n) is 7.99. The number of anilines is 1. The lowest BCUT2D eigenvalue weighted by atomic mass is 10.1. The third-order valence-corrected chi connectivity index (χ3v) is 4.42. The monoisotopic (exact) mass is 290 g/mol. The van der Waals surface area contributed by atoms with E-state index >= 15 is 0 Å². The summed E-state index contributed by atoms with van der Waals surface area (Å²) in [7, 11) is 0. The molecule has 21 heavy (non-hydrogen) atoms. The van der Waals surface area contributed by atoms with Crippen molar-refractivity contribution < 1.29 is 4.74 Å². The Hall–Kier alpha value is -1.17. The summed E-state index contributed by atoms with van der Waals surface area (Å²) in [5, 5.41) is 0. The number of nitrogens with two attached hydrogens (primary N) is 1. The largest absolute Gasteiger partial charge is 0.379 e. The number of rotatable bonds is 4. The lowest BCUT2D eigenvalue weighted by Crippen LogP contribution is -2.44. The van der Waals surface area contributed by atoms with Crippen LogP contribution in [0.25, 0.3) is 0 Å². The SMILES string of the molecule is CC(N)Cc1ccc(N2CCC(N3CCOCC3)C2)nc1. The molecule has 0 saturated carbocycles. The molecule has 0 bridgehead atoms. The minimum absolute atomic E-state index is 0.190. The molecule has 2 unspecified atom stereocenters. The Balaban J connectivity index is 1.57. The van der Waals surface area contributed by atoms with E-state index in [1.54, 1.807) is 0 Å². The van der Waals surface area contributed by atoms with Crippen LogP contribution < -0.4 is 10.6 Å². The maximum atomic E-state index is 5.83. The maximum absolute atomic E-state index is 5.83.